The normalized spacial score (nSPS) is 10.7. The molecule has 148 valence electrons. The fourth-order valence-corrected chi connectivity index (χ4v) is 4.31. The lowest BCUT2D eigenvalue weighted by molar-refractivity contribution is 0.102. The third kappa shape index (κ3) is 4.15. The molecule has 2 heterocycles. The molecule has 7 nitrogen and oxygen atoms in total. The number of aromatic nitrogens is 2. The molecular formula is C20H18N4O3S2. The van der Waals surface area contributed by atoms with E-state index in [1.165, 1.54) is 11.3 Å². The number of hydrogen-bond acceptors (Lipinski definition) is 8. The summed E-state index contributed by atoms with van der Waals surface area (Å²) in [5.41, 5.74) is 2.69. The molecule has 0 unspecified atom stereocenters. The third-order valence-corrected chi connectivity index (χ3v) is 5.83. The molecule has 0 saturated carbocycles. The molecule has 4 rings (SSSR count). The van der Waals surface area contributed by atoms with Gasteiger partial charge in [-0.25, -0.2) is 9.97 Å². The number of methoxy groups -OCH3 is 2. The minimum Gasteiger partial charge on any atom is -0.493 e. The molecule has 0 aliphatic rings. The second-order valence-electron chi connectivity index (χ2n) is 6.10. The maximum absolute atomic E-state index is 12.6. The average molecular weight is 427 g/mol. The number of nitrogens with zero attached hydrogens (tertiary/aromatic N) is 2. The van der Waals surface area contributed by atoms with Crippen molar-refractivity contribution in [2.45, 2.75) is 6.92 Å². The Morgan fingerprint density at radius 1 is 1.00 bits per heavy atom. The number of fused-ring (bicyclic) bond motifs is 1. The number of ether oxygens (including phenoxy) is 2. The van der Waals surface area contributed by atoms with Gasteiger partial charge in [-0.1, -0.05) is 0 Å². The zero-order chi connectivity index (χ0) is 20.4. The summed E-state index contributed by atoms with van der Waals surface area (Å²) in [4.78, 5) is 21.4. The molecule has 1 amide bonds. The van der Waals surface area contributed by atoms with Crippen LogP contribution in [0, 0.1) is 6.92 Å². The van der Waals surface area contributed by atoms with Gasteiger partial charge in [-0.3, -0.25) is 4.79 Å². The van der Waals surface area contributed by atoms with Crippen LogP contribution < -0.4 is 20.1 Å². The molecule has 2 aromatic heterocycles. The largest absolute Gasteiger partial charge is 0.493 e. The van der Waals surface area contributed by atoms with Gasteiger partial charge in [-0.05, 0) is 37.3 Å². The Morgan fingerprint density at radius 2 is 1.79 bits per heavy atom. The molecule has 0 radical (unpaired) electrons. The quantitative estimate of drug-likeness (QED) is 0.447. The van der Waals surface area contributed by atoms with Crippen LogP contribution in [0.5, 0.6) is 11.5 Å². The van der Waals surface area contributed by atoms with Crippen molar-refractivity contribution in [1.82, 2.24) is 9.97 Å². The monoisotopic (exact) mass is 426 g/mol. The predicted molar refractivity (Wildman–Crippen MR) is 117 cm³/mol. The molecule has 0 bridgehead atoms. The minimum absolute atomic E-state index is 0.270. The molecule has 29 heavy (non-hydrogen) atoms. The van der Waals surface area contributed by atoms with E-state index < -0.39 is 0 Å². The van der Waals surface area contributed by atoms with Crippen molar-refractivity contribution < 1.29 is 14.3 Å². The summed E-state index contributed by atoms with van der Waals surface area (Å²) in [7, 11) is 3.17. The lowest BCUT2D eigenvalue weighted by Crippen LogP contribution is -2.12. The molecule has 9 heteroatoms. The topological polar surface area (TPSA) is 85.4 Å². The Morgan fingerprint density at radius 3 is 2.59 bits per heavy atom. The van der Waals surface area contributed by atoms with Crippen LogP contribution in [-0.2, 0) is 0 Å². The first-order valence-corrected chi connectivity index (χ1v) is 10.4. The Hall–Kier alpha value is -3.17. The van der Waals surface area contributed by atoms with Gasteiger partial charge in [0.2, 0.25) is 0 Å². The second-order valence-corrected chi connectivity index (χ2v) is 8.20. The Bertz CT molecular complexity index is 1190. The van der Waals surface area contributed by atoms with Crippen LogP contribution in [0.25, 0.3) is 10.2 Å². The number of rotatable bonds is 6. The van der Waals surface area contributed by atoms with Crippen molar-refractivity contribution in [2.24, 2.45) is 0 Å². The van der Waals surface area contributed by atoms with Crippen LogP contribution in [0.4, 0.5) is 16.5 Å². The van der Waals surface area contributed by atoms with Crippen molar-refractivity contribution in [1.29, 1.82) is 0 Å². The zero-order valence-corrected chi connectivity index (χ0v) is 17.6. The van der Waals surface area contributed by atoms with E-state index >= 15 is 0 Å². The van der Waals surface area contributed by atoms with Crippen molar-refractivity contribution >= 4 is 55.3 Å². The van der Waals surface area contributed by atoms with E-state index in [0.717, 1.165) is 20.9 Å². The second kappa shape index (κ2) is 8.06. The lowest BCUT2D eigenvalue weighted by Gasteiger charge is -2.09. The fourth-order valence-electron chi connectivity index (χ4n) is 2.79. The van der Waals surface area contributed by atoms with Crippen molar-refractivity contribution in [3.63, 3.8) is 0 Å². The molecule has 4 aromatic rings. The maximum Gasteiger partial charge on any atom is 0.275 e. The van der Waals surface area contributed by atoms with E-state index in [0.29, 0.717) is 28.0 Å². The molecule has 0 atom stereocenters. The van der Waals surface area contributed by atoms with E-state index in [1.54, 1.807) is 37.0 Å². The maximum atomic E-state index is 12.6. The minimum atomic E-state index is -0.270. The number of hydrogen-bond donors (Lipinski definition) is 2. The smallest absolute Gasteiger partial charge is 0.275 e. The fraction of sp³-hybridized carbons (Fsp3) is 0.150. The highest BCUT2D eigenvalue weighted by Crippen LogP contribution is 2.32. The van der Waals surface area contributed by atoms with E-state index in [4.69, 9.17) is 9.47 Å². The van der Waals surface area contributed by atoms with Gasteiger partial charge in [0.05, 0.1) is 29.4 Å². The van der Waals surface area contributed by atoms with E-state index in [-0.39, 0.29) is 5.91 Å². The summed E-state index contributed by atoms with van der Waals surface area (Å²) in [6.07, 6.45) is 0. The molecule has 0 fully saturated rings. The van der Waals surface area contributed by atoms with Crippen molar-refractivity contribution in [2.75, 3.05) is 24.9 Å². The SMILES string of the molecule is COc1ccc(Nc2nc(C(=O)Nc3ccc4sc(C)nc4c3)cs2)cc1OC. The van der Waals surface area contributed by atoms with Gasteiger partial charge in [0.25, 0.3) is 5.91 Å². The number of benzene rings is 2. The van der Waals surface area contributed by atoms with Crippen LogP contribution >= 0.6 is 22.7 Å². The van der Waals surface area contributed by atoms with E-state index in [1.807, 2.05) is 37.3 Å². The Labute approximate surface area is 175 Å². The molecule has 0 aliphatic heterocycles. The third-order valence-electron chi connectivity index (χ3n) is 4.12. The van der Waals surface area contributed by atoms with Crippen LogP contribution in [0.15, 0.2) is 41.8 Å². The number of anilines is 3. The highest BCUT2D eigenvalue weighted by molar-refractivity contribution is 7.18. The van der Waals surface area contributed by atoms with Gasteiger partial charge in [0, 0.05) is 22.8 Å². The Balaban J connectivity index is 1.47. The van der Waals surface area contributed by atoms with Gasteiger partial charge >= 0.3 is 0 Å². The summed E-state index contributed by atoms with van der Waals surface area (Å²) in [5.74, 6) is 0.983. The van der Waals surface area contributed by atoms with Gasteiger partial charge in [-0.2, -0.15) is 0 Å². The van der Waals surface area contributed by atoms with Crippen LogP contribution in [0.2, 0.25) is 0 Å². The average Bonchev–Trinajstić information content (AvgIpc) is 3.33. The highest BCUT2D eigenvalue weighted by Gasteiger charge is 2.13. The van der Waals surface area contributed by atoms with E-state index in [2.05, 4.69) is 20.6 Å². The first-order valence-electron chi connectivity index (χ1n) is 8.69. The summed E-state index contributed by atoms with van der Waals surface area (Å²) >= 11 is 2.97. The van der Waals surface area contributed by atoms with Crippen LogP contribution in [-0.4, -0.2) is 30.1 Å². The molecule has 0 aliphatic carbocycles. The lowest BCUT2D eigenvalue weighted by atomic mass is 10.3. The number of carbonyl (C=O) groups excluding carboxylic acids is 1. The summed E-state index contributed by atoms with van der Waals surface area (Å²) in [6.45, 7) is 1.96. The predicted octanol–water partition coefficient (Wildman–Crippen LogP) is 5.07. The van der Waals surface area contributed by atoms with Gasteiger partial charge in [-0.15, -0.1) is 22.7 Å². The molecule has 2 N–H and O–H groups in total. The van der Waals surface area contributed by atoms with Gasteiger partial charge < -0.3 is 20.1 Å². The number of aryl methyl sites for hydroxylation is 1. The highest BCUT2D eigenvalue weighted by atomic mass is 32.1. The standard InChI is InChI=1S/C20H18N4O3S2/c1-11-21-14-8-12(5-7-18(14)29-11)22-19(25)15-10-28-20(24-15)23-13-4-6-16(26-2)17(9-13)27-3/h4-10H,1-3H3,(H,22,25)(H,23,24). The number of carbonyl (C=O) groups is 1. The molecular weight excluding hydrogens is 408 g/mol. The van der Waals surface area contributed by atoms with Crippen molar-refractivity contribution in [3.8, 4) is 11.5 Å². The van der Waals surface area contributed by atoms with Crippen molar-refractivity contribution in [3.05, 3.63) is 52.5 Å². The first kappa shape index (κ1) is 19.2. The van der Waals surface area contributed by atoms with Crippen LogP contribution in [0.1, 0.15) is 15.5 Å². The van der Waals surface area contributed by atoms with Gasteiger partial charge in [0.15, 0.2) is 16.6 Å². The number of thiazole rings is 2. The van der Waals surface area contributed by atoms with Gasteiger partial charge in [0.1, 0.15) is 5.69 Å². The summed E-state index contributed by atoms with van der Waals surface area (Å²) < 4.78 is 11.6. The molecule has 2 aromatic carbocycles. The van der Waals surface area contributed by atoms with Crippen LogP contribution in [0.3, 0.4) is 0 Å². The number of amides is 1. The summed E-state index contributed by atoms with van der Waals surface area (Å²) in [6, 6.07) is 11.2. The Kier molecular flexibility index (Phi) is 5.32. The summed E-state index contributed by atoms with van der Waals surface area (Å²) in [5, 5.41) is 9.37. The zero-order valence-electron chi connectivity index (χ0n) is 16.0. The number of nitrogens with one attached hydrogen (secondary N) is 2. The molecule has 0 saturated heterocycles. The molecule has 0 spiro atoms. The van der Waals surface area contributed by atoms with E-state index in [9.17, 15) is 4.79 Å². The first-order chi connectivity index (χ1) is 14.1.